The van der Waals surface area contributed by atoms with Gasteiger partial charge in [0, 0.05) is 53.6 Å². The standard InChI is InChI=1S/C31H32N8OS/c1-20-10-15-33-27(20)9-4-22-16-23-17-34-31(37-29(23)39(30(22)40)18-28-21(2)35-19-41-28)36-24-5-7-25(8-6-24)38(3)26-11-13-32-14-12-26/h5-8,15-17,19,26,32H,10-14,18H2,1-3H3,(H,34,36,37). The Kier molecular flexibility index (Phi) is 7.63. The maximum Gasteiger partial charge on any atom is 0.268 e. The highest BCUT2D eigenvalue weighted by atomic mass is 32.1. The van der Waals surface area contributed by atoms with Crippen molar-refractivity contribution in [1.82, 2.24) is 24.8 Å². The summed E-state index contributed by atoms with van der Waals surface area (Å²) in [7, 11) is 2.16. The molecule has 41 heavy (non-hydrogen) atoms. The van der Waals surface area contributed by atoms with Gasteiger partial charge in [0.25, 0.3) is 5.56 Å². The maximum absolute atomic E-state index is 13.7. The van der Waals surface area contributed by atoms with Crippen LogP contribution in [0.4, 0.5) is 17.3 Å². The number of rotatable bonds is 6. The predicted octanol–water partition coefficient (Wildman–Crippen LogP) is 4.64. The van der Waals surface area contributed by atoms with Crippen LogP contribution in [0.15, 0.2) is 63.1 Å². The zero-order valence-electron chi connectivity index (χ0n) is 23.4. The lowest BCUT2D eigenvalue weighted by Gasteiger charge is -2.33. The highest BCUT2D eigenvalue weighted by Gasteiger charge is 2.18. The van der Waals surface area contributed by atoms with Gasteiger partial charge in [-0.1, -0.05) is 5.92 Å². The summed E-state index contributed by atoms with van der Waals surface area (Å²) in [4.78, 5) is 35.1. The third-order valence-electron chi connectivity index (χ3n) is 7.70. The molecule has 208 valence electrons. The van der Waals surface area contributed by atoms with Gasteiger partial charge in [-0.05, 0) is 81.6 Å². The molecule has 0 aliphatic carbocycles. The summed E-state index contributed by atoms with van der Waals surface area (Å²) >= 11 is 1.52. The molecule has 4 aromatic rings. The van der Waals surface area contributed by atoms with Crippen molar-refractivity contribution in [3.8, 4) is 11.8 Å². The fraction of sp³-hybridized carbons (Fsp3) is 0.323. The Labute approximate surface area is 243 Å². The normalized spacial score (nSPS) is 15.3. The van der Waals surface area contributed by atoms with Crippen LogP contribution < -0.4 is 21.1 Å². The number of thiazole rings is 1. The van der Waals surface area contributed by atoms with Crippen molar-refractivity contribution in [2.24, 2.45) is 4.99 Å². The highest BCUT2D eigenvalue weighted by molar-refractivity contribution is 7.09. The second-order valence-electron chi connectivity index (χ2n) is 10.4. The van der Waals surface area contributed by atoms with E-state index in [0.29, 0.717) is 29.7 Å². The number of pyridine rings is 1. The Morgan fingerprint density at radius 2 is 1.95 bits per heavy atom. The van der Waals surface area contributed by atoms with Gasteiger partial charge < -0.3 is 15.5 Å². The number of hydrogen-bond acceptors (Lipinski definition) is 9. The van der Waals surface area contributed by atoms with Crippen LogP contribution in [0.3, 0.4) is 0 Å². The lowest BCUT2D eigenvalue weighted by atomic mass is 10.0. The van der Waals surface area contributed by atoms with Crippen molar-refractivity contribution in [1.29, 1.82) is 0 Å². The predicted molar refractivity (Wildman–Crippen MR) is 166 cm³/mol. The molecule has 2 aliphatic rings. The van der Waals surface area contributed by atoms with E-state index in [-0.39, 0.29) is 5.56 Å². The van der Waals surface area contributed by atoms with Gasteiger partial charge in [0.15, 0.2) is 0 Å². The van der Waals surface area contributed by atoms with Gasteiger partial charge >= 0.3 is 0 Å². The summed E-state index contributed by atoms with van der Waals surface area (Å²) in [6.45, 7) is 6.43. The minimum Gasteiger partial charge on any atom is -0.372 e. The maximum atomic E-state index is 13.7. The number of allylic oxidation sites excluding steroid dienone is 2. The molecule has 1 fully saturated rings. The number of aryl methyl sites for hydroxylation is 1. The number of benzene rings is 1. The van der Waals surface area contributed by atoms with Crippen molar-refractivity contribution >= 4 is 45.9 Å². The monoisotopic (exact) mass is 564 g/mol. The Balaban J connectivity index is 1.32. The lowest BCUT2D eigenvalue weighted by Crippen LogP contribution is -2.41. The van der Waals surface area contributed by atoms with Gasteiger partial charge in [-0.2, -0.15) is 4.98 Å². The van der Waals surface area contributed by atoms with E-state index in [9.17, 15) is 4.79 Å². The van der Waals surface area contributed by atoms with Crippen molar-refractivity contribution in [2.75, 3.05) is 30.4 Å². The first-order valence-electron chi connectivity index (χ1n) is 13.8. The van der Waals surface area contributed by atoms with E-state index in [0.717, 1.165) is 65.3 Å². The number of aromatic nitrogens is 4. The Morgan fingerprint density at radius 1 is 1.15 bits per heavy atom. The molecule has 2 aliphatic heterocycles. The van der Waals surface area contributed by atoms with E-state index in [1.807, 2.05) is 32.2 Å². The smallest absolute Gasteiger partial charge is 0.268 e. The quantitative estimate of drug-likeness (QED) is 0.329. The molecule has 1 aromatic carbocycles. The summed E-state index contributed by atoms with van der Waals surface area (Å²) in [5.74, 6) is 6.56. The van der Waals surface area contributed by atoms with Crippen LogP contribution in [0.2, 0.25) is 0 Å². The van der Waals surface area contributed by atoms with E-state index in [4.69, 9.17) is 4.98 Å². The number of fused-ring (bicyclic) bond motifs is 1. The minimum atomic E-state index is -0.201. The minimum absolute atomic E-state index is 0.201. The molecule has 6 rings (SSSR count). The summed E-state index contributed by atoms with van der Waals surface area (Å²) in [5, 5.41) is 7.48. The summed E-state index contributed by atoms with van der Waals surface area (Å²) in [5.41, 5.74) is 7.30. The average molecular weight is 565 g/mol. The molecule has 0 amide bonds. The Bertz CT molecular complexity index is 1770. The van der Waals surface area contributed by atoms with Gasteiger partial charge in [-0.25, -0.2) is 9.97 Å². The Hall–Kier alpha value is -4.33. The zero-order valence-corrected chi connectivity index (χ0v) is 24.3. The molecule has 0 spiro atoms. The van der Waals surface area contributed by atoms with Gasteiger partial charge in [0.1, 0.15) is 11.3 Å². The third kappa shape index (κ3) is 5.78. The molecule has 0 bridgehead atoms. The Morgan fingerprint density at radius 3 is 2.66 bits per heavy atom. The fourth-order valence-corrected chi connectivity index (χ4v) is 5.90. The van der Waals surface area contributed by atoms with E-state index in [1.165, 1.54) is 17.0 Å². The first-order valence-corrected chi connectivity index (χ1v) is 14.7. The number of piperidine rings is 1. The molecule has 1 saturated heterocycles. The summed E-state index contributed by atoms with van der Waals surface area (Å²) in [6, 6.07) is 10.6. The van der Waals surface area contributed by atoms with E-state index < -0.39 is 0 Å². The molecule has 2 N–H and O–H groups in total. The van der Waals surface area contributed by atoms with Gasteiger partial charge in [0.05, 0.1) is 23.3 Å². The van der Waals surface area contributed by atoms with Crippen molar-refractivity contribution in [3.63, 3.8) is 0 Å². The molecule has 0 radical (unpaired) electrons. The van der Waals surface area contributed by atoms with Gasteiger partial charge in [-0.3, -0.25) is 14.4 Å². The molecule has 10 heteroatoms. The van der Waals surface area contributed by atoms with Crippen molar-refractivity contribution in [3.05, 3.63) is 79.8 Å². The molecular weight excluding hydrogens is 532 g/mol. The van der Waals surface area contributed by atoms with E-state index >= 15 is 0 Å². The number of anilines is 3. The summed E-state index contributed by atoms with van der Waals surface area (Å²) in [6.07, 6.45) is 6.65. The van der Waals surface area contributed by atoms with Crippen LogP contribution in [0.5, 0.6) is 0 Å². The second kappa shape index (κ2) is 11.6. The van der Waals surface area contributed by atoms with Crippen LogP contribution in [-0.4, -0.2) is 51.9 Å². The van der Waals surface area contributed by atoms with E-state index in [1.54, 1.807) is 22.3 Å². The average Bonchev–Trinajstić information content (AvgIpc) is 3.61. The largest absolute Gasteiger partial charge is 0.372 e. The summed E-state index contributed by atoms with van der Waals surface area (Å²) < 4.78 is 1.67. The topological polar surface area (TPSA) is 100 Å². The molecule has 5 heterocycles. The SMILES string of the molecule is CC1=C(C#Cc2cc3cnc(Nc4ccc(N(C)C5CCNCC5)cc4)nc3n(Cc3scnc3C)c2=O)N=CC1. The van der Waals surface area contributed by atoms with Crippen molar-refractivity contribution < 1.29 is 0 Å². The number of nitrogens with zero attached hydrogens (tertiary/aromatic N) is 6. The van der Waals surface area contributed by atoms with Gasteiger partial charge in [0.2, 0.25) is 5.95 Å². The second-order valence-corrected chi connectivity index (χ2v) is 11.4. The van der Waals surface area contributed by atoms with Crippen LogP contribution in [0.25, 0.3) is 11.0 Å². The molecule has 0 saturated carbocycles. The first-order chi connectivity index (χ1) is 20.0. The zero-order chi connectivity index (χ0) is 28.3. The molecule has 3 aromatic heterocycles. The van der Waals surface area contributed by atoms with Crippen LogP contribution in [0.1, 0.15) is 42.3 Å². The molecule has 9 nitrogen and oxygen atoms in total. The van der Waals surface area contributed by atoms with Crippen LogP contribution >= 0.6 is 11.3 Å². The third-order valence-corrected chi connectivity index (χ3v) is 8.62. The van der Waals surface area contributed by atoms with E-state index in [2.05, 4.69) is 61.5 Å². The highest BCUT2D eigenvalue weighted by Crippen LogP contribution is 2.24. The lowest BCUT2D eigenvalue weighted by molar-refractivity contribution is 0.443. The van der Waals surface area contributed by atoms with Gasteiger partial charge in [-0.15, -0.1) is 11.3 Å². The molecule has 0 unspecified atom stereocenters. The van der Waals surface area contributed by atoms with Crippen LogP contribution in [0, 0.1) is 18.8 Å². The number of hydrogen-bond donors (Lipinski definition) is 2. The number of aliphatic imine (C=N–C) groups is 1. The molecular formula is C31H32N8OS. The fourth-order valence-electron chi connectivity index (χ4n) is 5.14. The van der Waals surface area contributed by atoms with Crippen LogP contribution in [-0.2, 0) is 6.54 Å². The van der Waals surface area contributed by atoms with Crippen molar-refractivity contribution in [2.45, 2.75) is 45.7 Å². The first kappa shape index (κ1) is 26.9. The number of nitrogens with one attached hydrogen (secondary N) is 2. The molecule has 0 atom stereocenters.